The van der Waals surface area contributed by atoms with Gasteiger partial charge in [-0.3, -0.25) is 0 Å². The number of nitrogen functional groups attached to an aromatic ring is 1. The number of ether oxygens (including phenoxy) is 1. The van der Waals surface area contributed by atoms with Crippen LogP contribution in [-0.4, -0.2) is 13.1 Å². The predicted octanol–water partition coefficient (Wildman–Crippen LogP) is 0.856. The van der Waals surface area contributed by atoms with Crippen molar-refractivity contribution in [3.63, 3.8) is 0 Å². The summed E-state index contributed by atoms with van der Waals surface area (Å²) in [5.41, 5.74) is 6.23. The maximum absolute atomic E-state index is 10.9. The molecule has 0 aliphatic carbocycles. The molecule has 0 unspecified atom stereocenters. The van der Waals surface area contributed by atoms with Gasteiger partial charge in [-0.1, -0.05) is 6.07 Å². The topological polar surface area (TPSA) is 52.3 Å². The highest BCUT2D eigenvalue weighted by atomic mass is 16.5. The summed E-state index contributed by atoms with van der Waals surface area (Å²) in [6.45, 7) is 0. The molecule has 2 N–H and O–H groups in total. The van der Waals surface area contributed by atoms with Crippen LogP contribution in [0, 0.1) is 6.07 Å². The molecule has 1 aromatic rings. The molecule has 0 heterocycles. The molecule has 0 saturated carbocycles. The van der Waals surface area contributed by atoms with Gasteiger partial charge in [0.2, 0.25) is 0 Å². The van der Waals surface area contributed by atoms with Crippen molar-refractivity contribution < 1.29 is 9.53 Å². The molecule has 0 amide bonds. The first kappa shape index (κ1) is 7.60. The van der Waals surface area contributed by atoms with Crippen molar-refractivity contribution in [2.45, 2.75) is 0 Å². The fourth-order valence-electron chi connectivity index (χ4n) is 0.739. The van der Waals surface area contributed by atoms with Crippen LogP contribution in [0.15, 0.2) is 18.2 Å². The van der Waals surface area contributed by atoms with E-state index in [1.54, 1.807) is 12.1 Å². The Bertz CT molecular complexity index is 271. The summed E-state index contributed by atoms with van der Waals surface area (Å²) in [5.74, 6) is -0.420. The van der Waals surface area contributed by atoms with Gasteiger partial charge >= 0.3 is 5.97 Å². The van der Waals surface area contributed by atoms with Gasteiger partial charge in [-0.2, -0.15) is 0 Å². The second kappa shape index (κ2) is 3.05. The Morgan fingerprint density at radius 1 is 1.73 bits per heavy atom. The molecule has 0 aliphatic rings. The monoisotopic (exact) mass is 150 g/mol. The van der Waals surface area contributed by atoms with Gasteiger partial charge in [-0.05, 0) is 18.2 Å². The zero-order valence-electron chi connectivity index (χ0n) is 6.13. The van der Waals surface area contributed by atoms with Crippen LogP contribution in [0.3, 0.4) is 0 Å². The van der Waals surface area contributed by atoms with Crippen molar-refractivity contribution in [3.05, 3.63) is 29.8 Å². The third-order valence-corrected chi connectivity index (χ3v) is 1.30. The molecule has 0 bridgehead atoms. The Kier molecular flexibility index (Phi) is 2.11. The van der Waals surface area contributed by atoms with E-state index < -0.39 is 5.97 Å². The average molecular weight is 150 g/mol. The smallest absolute Gasteiger partial charge is 0.339 e. The van der Waals surface area contributed by atoms with Crippen LogP contribution in [-0.2, 0) is 4.74 Å². The quantitative estimate of drug-likeness (QED) is 0.477. The lowest BCUT2D eigenvalue weighted by Gasteiger charge is -2.00. The lowest BCUT2D eigenvalue weighted by molar-refractivity contribution is 0.0602. The number of hydrogen-bond donors (Lipinski definition) is 1. The normalized spacial score (nSPS) is 9.18. The number of benzene rings is 1. The van der Waals surface area contributed by atoms with E-state index >= 15 is 0 Å². The summed E-state index contributed by atoms with van der Waals surface area (Å²) in [6, 6.07) is 7.47. The Labute approximate surface area is 64.8 Å². The number of rotatable bonds is 1. The second-order valence-electron chi connectivity index (χ2n) is 2.00. The fourth-order valence-corrected chi connectivity index (χ4v) is 0.739. The number of anilines is 1. The summed E-state index contributed by atoms with van der Waals surface area (Å²) in [7, 11) is 1.32. The molecule has 0 spiro atoms. The highest BCUT2D eigenvalue weighted by Crippen LogP contribution is 2.10. The van der Waals surface area contributed by atoms with Gasteiger partial charge in [-0.25, -0.2) is 4.79 Å². The molecule has 11 heavy (non-hydrogen) atoms. The van der Waals surface area contributed by atoms with Crippen LogP contribution in [0.5, 0.6) is 0 Å². The molecule has 57 valence electrons. The molecule has 1 rings (SSSR count). The Balaban J connectivity index is 3.03. The molecule has 0 fully saturated rings. The van der Waals surface area contributed by atoms with Gasteiger partial charge in [0.15, 0.2) is 0 Å². The summed E-state index contributed by atoms with van der Waals surface area (Å²) in [6.07, 6.45) is 0. The largest absolute Gasteiger partial charge is 0.465 e. The molecule has 0 aromatic heterocycles. The highest BCUT2D eigenvalue weighted by Gasteiger charge is 2.06. The van der Waals surface area contributed by atoms with Gasteiger partial charge in [-0.15, -0.1) is 0 Å². The first-order chi connectivity index (χ1) is 5.25. The molecule has 0 atom stereocenters. The number of hydrogen-bond acceptors (Lipinski definition) is 3. The average Bonchev–Trinajstić information content (AvgIpc) is 2.04. The van der Waals surface area contributed by atoms with Crippen molar-refractivity contribution in [2.24, 2.45) is 0 Å². The van der Waals surface area contributed by atoms with E-state index in [4.69, 9.17) is 5.73 Å². The third-order valence-electron chi connectivity index (χ3n) is 1.30. The molecule has 0 aliphatic heterocycles. The van der Waals surface area contributed by atoms with E-state index in [1.807, 2.05) is 0 Å². The molecule has 3 nitrogen and oxygen atoms in total. The van der Waals surface area contributed by atoms with E-state index in [0.717, 1.165) is 0 Å². The SMILES string of the molecule is COC(=O)c1cc[c]cc1N. The Hall–Kier alpha value is -1.51. The third kappa shape index (κ3) is 1.49. The van der Waals surface area contributed by atoms with Crippen LogP contribution < -0.4 is 5.73 Å². The minimum atomic E-state index is -0.420. The second-order valence-corrected chi connectivity index (χ2v) is 2.00. The number of carbonyl (C=O) groups excluding carboxylic acids is 1. The molecule has 1 aromatic carbocycles. The van der Waals surface area contributed by atoms with Gasteiger partial charge in [0.1, 0.15) is 0 Å². The van der Waals surface area contributed by atoms with E-state index in [9.17, 15) is 4.79 Å². The van der Waals surface area contributed by atoms with Crippen molar-refractivity contribution >= 4 is 11.7 Å². The number of esters is 1. The molecule has 0 saturated heterocycles. The summed E-state index contributed by atoms with van der Waals surface area (Å²) < 4.78 is 4.48. The molecule has 1 radical (unpaired) electrons. The highest BCUT2D eigenvalue weighted by molar-refractivity contribution is 5.94. The minimum Gasteiger partial charge on any atom is -0.465 e. The van der Waals surface area contributed by atoms with E-state index in [2.05, 4.69) is 10.8 Å². The molecular weight excluding hydrogens is 142 g/mol. The van der Waals surface area contributed by atoms with Crippen molar-refractivity contribution in [3.8, 4) is 0 Å². The number of methoxy groups -OCH3 is 1. The lowest BCUT2D eigenvalue weighted by Crippen LogP contribution is -2.04. The van der Waals surface area contributed by atoms with Gasteiger partial charge < -0.3 is 10.5 Å². The number of nitrogens with two attached hydrogens (primary N) is 1. The van der Waals surface area contributed by atoms with Crippen molar-refractivity contribution in [2.75, 3.05) is 12.8 Å². The first-order valence-electron chi connectivity index (χ1n) is 3.09. The maximum Gasteiger partial charge on any atom is 0.339 e. The first-order valence-corrected chi connectivity index (χ1v) is 3.09. The van der Waals surface area contributed by atoms with Gasteiger partial charge in [0.25, 0.3) is 0 Å². The van der Waals surface area contributed by atoms with Gasteiger partial charge in [0.05, 0.1) is 12.7 Å². The summed E-state index contributed by atoms with van der Waals surface area (Å²) in [5, 5.41) is 0. The van der Waals surface area contributed by atoms with Crippen LogP contribution in [0.25, 0.3) is 0 Å². The Morgan fingerprint density at radius 3 is 3.00 bits per heavy atom. The molecule has 3 heteroatoms. The summed E-state index contributed by atoms with van der Waals surface area (Å²) >= 11 is 0. The van der Waals surface area contributed by atoms with Gasteiger partial charge in [0, 0.05) is 5.69 Å². The molecular formula is C8H8NO2. The minimum absolute atomic E-state index is 0.381. The van der Waals surface area contributed by atoms with Crippen LogP contribution in [0.1, 0.15) is 10.4 Å². The maximum atomic E-state index is 10.9. The van der Waals surface area contributed by atoms with Crippen molar-refractivity contribution in [1.82, 2.24) is 0 Å². The summed E-state index contributed by atoms with van der Waals surface area (Å²) in [4.78, 5) is 10.9. The van der Waals surface area contributed by atoms with E-state index in [1.165, 1.54) is 13.2 Å². The van der Waals surface area contributed by atoms with E-state index in [0.29, 0.717) is 11.3 Å². The standard InChI is InChI=1S/C8H8NO2/c1-11-8(10)6-4-2-3-5-7(6)9/h2,4-5H,9H2,1H3. The Morgan fingerprint density at radius 2 is 2.45 bits per heavy atom. The number of carbonyl (C=O) groups is 1. The van der Waals surface area contributed by atoms with Crippen LogP contribution in [0.2, 0.25) is 0 Å². The zero-order valence-corrected chi connectivity index (χ0v) is 6.13. The van der Waals surface area contributed by atoms with Crippen LogP contribution in [0.4, 0.5) is 5.69 Å². The lowest BCUT2D eigenvalue weighted by atomic mass is 10.2. The predicted molar refractivity (Wildman–Crippen MR) is 41.0 cm³/mol. The van der Waals surface area contributed by atoms with Crippen molar-refractivity contribution in [1.29, 1.82) is 0 Å². The van der Waals surface area contributed by atoms with E-state index in [-0.39, 0.29) is 0 Å². The fraction of sp³-hybridized carbons (Fsp3) is 0.125. The zero-order chi connectivity index (χ0) is 8.27. The van der Waals surface area contributed by atoms with Crippen LogP contribution >= 0.6 is 0 Å².